The van der Waals surface area contributed by atoms with Crippen LogP contribution in [0.5, 0.6) is 11.5 Å². The number of aromatic nitrogens is 1. The maximum atomic E-state index is 5.47. The Morgan fingerprint density at radius 1 is 1.20 bits per heavy atom. The van der Waals surface area contributed by atoms with Crippen molar-refractivity contribution in [3.63, 3.8) is 0 Å². The van der Waals surface area contributed by atoms with E-state index in [2.05, 4.69) is 25.8 Å². The van der Waals surface area contributed by atoms with Gasteiger partial charge in [-0.3, -0.25) is 4.99 Å². The number of hydrogen-bond donors (Lipinski definition) is 1. The summed E-state index contributed by atoms with van der Waals surface area (Å²) in [6.45, 7) is 1.38. The quantitative estimate of drug-likeness (QED) is 0.411. The van der Waals surface area contributed by atoms with Crippen molar-refractivity contribution in [1.29, 1.82) is 0 Å². The molecule has 0 saturated heterocycles. The zero-order valence-corrected chi connectivity index (χ0v) is 17.8. The normalized spacial score (nSPS) is 10.8. The number of para-hydroxylation sites is 1. The van der Waals surface area contributed by atoms with E-state index in [0.29, 0.717) is 6.54 Å². The lowest BCUT2D eigenvalue weighted by atomic mass is 10.2. The van der Waals surface area contributed by atoms with Crippen LogP contribution in [-0.2, 0) is 20.1 Å². The number of guanidine groups is 1. The van der Waals surface area contributed by atoms with E-state index in [0.717, 1.165) is 29.6 Å². The number of halogens is 1. The number of rotatable bonds is 6. The number of aliphatic imine (C=N–C) groups is 1. The fourth-order valence-electron chi connectivity index (χ4n) is 2.63. The van der Waals surface area contributed by atoms with Crippen molar-refractivity contribution in [2.45, 2.75) is 13.1 Å². The highest BCUT2D eigenvalue weighted by atomic mass is 127. The van der Waals surface area contributed by atoms with Gasteiger partial charge < -0.3 is 24.3 Å². The molecule has 6 nitrogen and oxygen atoms in total. The molecule has 0 unspecified atom stereocenters. The Morgan fingerprint density at radius 2 is 1.96 bits per heavy atom. The second kappa shape index (κ2) is 10.2. The molecule has 1 aromatic carbocycles. The first-order chi connectivity index (χ1) is 11.6. The third kappa shape index (κ3) is 5.29. The third-order valence-corrected chi connectivity index (χ3v) is 3.95. The zero-order valence-electron chi connectivity index (χ0n) is 15.4. The van der Waals surface area contributed by atoms with Gasteiger partial charge in [0, 0.05) is 45.1 Å². The van der Waals surface area contributed by atoms with Crippen LogP contribution in [-0.4, -0.2) is 43.7 Å². The van der Waals surface area contributed by atoms with Gasteiger partial charge in [-0.15, -0.1) is 24.0 Å². The first kappa shape index (κ1) is 21.1. The van der Waals surface area contributed by atoms with Crippen molar-refractivity contribution in [1.82, 2.24) is 14.8 Å². The molecular weight excluding hydrogens is 431 g/mol. The van der Waals surface area contributed by atoms with Crippen LogP contribution in [0.4, 0.5) is 0 Å². The molecule has 0 aliphatic heterocycles. The van der Waals surface area contributed by atoms with E-state index in [1.807, 2.05) is 44.6 Å². The minimum atomic E-state index is 0. The van der Waals surface area contributed by atoms with Crippen LogP contribution in [0, 0.1) is 0 Å². The number of nitrogens with zero attached hydrogens (tertiary/aromatic N) is 3. The predicted molar refractivity (Wildman–Crippen MR) is 112 cm³/mol. The summed E-state index contributed by atoms with van der Waals surface area (Å²) in [5, 5.41) is 3.37. The number of nitrogens with one attached hydrogen (secondary N) is 1. The van der Waals surface area contributed by atoms with Crippen molar-refractivity contribution in [3.8, 4) is 11.5 Å². The van der Waals surface area contributed by atoms with Crippen molar-refractivity contribution < 1.29 is 9.47 Å². The van der Waals surface area contributed by atoms with Crippen LogP contribution in [0.15, 0.2) is 41.5 Å². The minimum Gasteiger partial charge on any atom is -0.493 e. The number of hydrogen-bond acceptors (Lipinski definition) is 3. The summed E-state index contributed by atoms with van der Waals surface area (Å²) in [6.07, 6.45) is 2.04. The van der Waals surface area contributed by atoms with E-state index in [1.54, 1.807) is 21.3 Å². The van der Waals surface area contributed by atoms with Gasteiger partial charge in [-0.25, -0.2) is 0 Å². The van der Waals surface area contributed by atoms with Crippen LogP contribution in [0.25, 0.3) is 0 Å². The summed E-state index contributed by atoms with van der Waals surface area (Å²) < 4.78 is 12.9. The van der Waals surface area contributed by atoms with Crippen molar-refractivity contribution in [2.24, 2.45) is 12.0 Å². The lowest BCUT2D eigenvalue weighted by Crippen LogP contribution is -2.38. The van der Waals surface area contributed by atoms with Gasteiger partial charge >= 0.3 is 0 Å². The fraction of sp³-hybridized carbons (Fsp3) is 0.389. The van der Waals surface area contributed by atoms with Gasteiger partial charge in [0.15, 0.2) is 17.5 Å². The first-order valence-corrected chi connectivity index (χ1v) is 7.82. The molecule has 0 aliphatic rings. The smallest absolute Gasteiger partial charge is 0.194 e. The first-order valence-electron chi connectivity index (χ1n) is 7.82. The molecule has 0 spiro atoms. The predicted octanol–water partition coefficient (Wildman–Crippen LogP) is 2.87. The lowest BCUT2D eigenvalue weighted by Gasteiger charge is -2.23. The maximum Gasteiger partial charge on any atom is 0.194 e. The van der Waals surface area contributed by atoms with Gasteiger partial charge in [-0.1, -0.05) is 12.1 Å². The lowest BCUT2D eigenvalue weighted by molar-refractivity contribution is 0.351. The molecule has 138 valence electrons. The van der Waals surface area contributed by atoms with Crippen molar-refractivity contribution in [3.05, 3.63) is 47.8 Å². The van der Waals surface area contributed by atoms with Gasteiger partial charge in [0.2, 0.25) is 0 Å². The summed E-state index contributed by atoms with van der Waals surface area (Å²) in [5.74, 6) is 2.29. The summed E-state index contributed by atoms with van der Waals surface area (Å²) in [6, 6.07) is 10.0. The molecule has 0 bridgehead atoms. The molecular formula is C18H27IN4O2. The molecule has 1 heterocycles. The number of ether oxygens (including phenoxy) is 2. The fourth-order valence-corrected chi connectivity index (χ4v) is 2.63. The van der Waals surface area contributed by atoms with Crippen LogP contribution < -0.4 is 14.8 Å². The van der Waals surface area contributed by atoms with E-state index >= 15 is 0 Å². The second-order valence-corrected chi connectivity index (χ2v) is 5.52. The van der Waals surface area contributed by atoms with Crippen molar-refractivity contribution in [2.75, 3.05) is 28.3 Å². The number of benzene rings is 1. The zero-order chi connectivity index (χ0) is 17.5. The van der Waals surface area contributed by atoms with Crippen LogP contribution >= 0.6 is 24.0 Å². The Bertz CT molecular complexity index is 700. The average Bonchev–Trinajstić information content (AvgIpc) is 2.99. The summed E-state index contributed by atoms with van der Waals surface area (Å²) in [5.41, 5.74) is 2.24. The molecule has 25 heavy (non-hydrogen) atoms. The topological polar surface area (TPSA) is 51.0 Å². The standard InChI is InChI=1S/C18H26N4O2.HI/c1-19-18(22(3)13-15-9-7-11-21(15)2)20-12-14-8-6-10-16(23-4)17(14)24-5;/h6-11H,12-13H2,1-5H3,(H,19,20);1H. The summed E-state index contributed by atoms with van der Waals surface area (Å²) >= 11 is 0. The molecule has 0 atom stereocenters. The molecule has 2 aromatic rings. The Balaban J connectivity index is 0.00000312. The Kier molecular flexibility index (Phi) is 8.60. The van der Waals surface area contributed by atoms with Gasteiger partial charge in [-0.05, 0) is 18.2 Å². The molecule has 0 amide bonds. The van der Waals surface area contributed by atoms with E-state index in [-0.39, 0.29) is 24.0 Å². The Labute approximate surface area is 166 Å². The molecule has 1 aromatic heterocycles. The molecule has 0 fully saturated rings. The Morgan fingerprint density at radius 3 is 2.52 bits per heavy atom. The highest BCUT2D eigenvalue weighted by Gasteiger charge is 2.12. The van der Waals surface area contributed by atoms with Crippen molar-refractivity contribution >= 4 is 29.9 Å². The SMILES string of the molecule is CN=C(NCc1cccc(OC)c1OC)N(C)Cc1cccn1C.I. The number of methoxy groups -OCH3 is 2. The number of aryl methyl sites for hydroxylation is 1. The summed E-state index contributed by atoms with van der Waals surface area (Å²) in [4.78, 5) is 6.45. The third-order valence-electron chi connectivity index (χ3n) is 3.95. The molecule has 7 heteroatoms. The molecule has 1 N–H and O–H groups in total. The second-order valence-electron chi connectivity index (χ2n) is 5.52. The monoisotopic (exact) mass is 458 g/mol. The van der Waals surface area contributed by atoms with Gasteiger partial charge in [-0.2, -0.15) is 0 Å². The highest BCUT2D eigenvalue weighted by molar-refractivity contribution is 14.0. The molecule has 0 radical (unpaired) electrons. The molecule has 2 rings (SSSR count). The van der Waals surface area contributed by atoms with E-state index in [9.17, 15) is 0 Å². The summed E-state index contributed by atoms with van der Waals surface area (Å²) in [7, 11) is 9.14. The Hall–Kier alpha value is -1.90. The van der Waals surface area contributed by atoms with Crippen LogP contribution in [0.1, 0.15) is 11.3 Å². The average molecular weight is 458 g/mol. The van der Waals surface area contributed by atoms with Gasteiger partial charge in [0.1, 0.15) is 0 Å². The minimum absolute atomic E-state index is 0. The highest BCUT2D eigenvalue weighted by Crippen LogP contribution is 2.30. The maximum absolute atomic E-state index is 5.47. The van der Waals surface area contributed by atoms with Crippen LogP contribution in [0.3, 0.4) is 0 Å². The van der Waals surface area contributed by atoms with E-state index in [4.69, 9.17) is 9.47 Å². The van der Waals surface area contributed by atoms with E-state index < -0.39 is 0 Å². The van der Waals surface area contributed by atoms with Gasteiger partial charge in [0.05, 0.1) is 20.8 Å². The molecule has 0 saturated carbocycles. The van der Waals surface area contributed by atoms with E-state index in [1.165, 1.54) is 5.69 Å². The largest absolute Gasteiger partial charge is 0.493 e. The van der Waals surface area contributed by atoms with Crippen LogP contribution in [0.2, 0.25) is 0 Å². The molecule has 0 aliphatic carbocycles. The van der Waals surface area contributed by atoms with Gasteiger partial charge in [0.25, 0.3) is 0 Å².